The maximum Gasteiger partial charge on any atom is 0.180 e. The van der Waals surface area contributed by atoms with Crippen LogP contribution in [-0.2, 0) is 6.54 Å². The Hall–Kier alpha value is -1.89. The number of imidazole rings is 1. The molecule has 0 radical (unpaired) electrons. The Balaban J connectivity index is 2.41. The fourth-order valence-electron chi connectivity index (χ4n) is 1.17. The molecule has 2 rings (SSSR count). The predicted octanol–water partition coefficient (Wildman–Crippen LogP) is 0.850. The maximum absolute atomic E-state index is 5.17. The summed E-state index contributed by atoms with van der Waals surface area (Å²) in [7, 11) is 0. The van der Waals surface area contributed by atoms with Crippen molar-refractivity contribution < 1.29 is 0 Å². The van der Waals surface area contributed by atoms with E-state index in [1.54, 1.807) is 12.5 Å². The summed E-state index contributed by atoms with van der Waals surface area (Å²) in [5.74, 6) is 2.58. The highest BCUT2D eigenvalue weighted by atomic mass is 15.1. The summed E-state index contributed by atoms with van der Waals surface area (Å²) < 4.78 is 1.95. The molecule has 0 amide bonds. The summed E-state index contributed by atoms with van der Waals surface area (Å²) in [6.07, 6.45) is 10.8. The lowest BCUT2D eigenvalue weighted by atomic mass is 10.4. The molecule has 0 spiro atoms. The van der Waals surface area contributed by atoms with Crippen LogP contribution in [0, 0.1) is 12.3 Å². The molecule has 0 aromatic carbocycles. The van der Waals surface area contributed by atoms with Gasteiger partial charge in [0.1, 0.15) is 11.8 Å². The SMILES string of the molecule is C#CCCn1cnc2ncncc21. The topological polar surface area (TPSA) is 43.6 Å². The van der Waals surface area contributed by atoms with Gasteiger partial charge < -0.3 is 4.57 Å². The molecule has 2 aromatic rings. The number of fused-ring (bicyclic) bond motifs is 1. The first-order chi connectivity index (χ1) is 6.42. The second kappa shape index (κ2) is 3.23. The van der Waals surface area contributed by atoms with Crippen molar-refractivity contribution in [2.24, 2.45) is 0 Å². The molecule has 0 saturated carbocycles. The summed E-state index contributed by atoms with van der Waals surface area (Å²) in [4.78, 5) is 12.1. The Morgan fingerprint density at radius 1 is 1.46 bits per heavy atom. The Kier molecular flexibility index (Phi) is 1.93. The molecule has 0 bridgehead atoms. The zero-order valence-corrected chi connectivity index (χ0v) is 7.01. The monoisotopic (exact) mass is 172 g/mol. The second-order valence-corrected chi connectivity index (χ2v) is 2.62. The number of nitrogens with zero attached hydrogens (tertiary/aromatic N) is 4. The molecule has 2 aromatic heterocycles. The lowest BCUT2D eigenvalue weighted by Crippen LogP contribution is -1.94. The molecule has 64 valence electrons. The number of aromatic nitrogens is 4. The van der Waals surface area contributed by atoms with E-state index in [1.165, 1.54) is 6.33 Å². The molecule has 0 N–H and O–H groups in total. The number of terminal acetylenes is 1. The van der Waals surface area contributed by atoms with Crippen LogP contribution in [0.2, 0.25) is 0 Å². The van der Waals surface area contributed by atoms with Crippen LogP contribution < -0.4 is 0 Å². The highest BCUT2D eigenvalue weighted by molar-refractivity contribution is 5.68. The Morgan fingerprint density at radius 2 is 2.38 bits per heavy atom. The summed E-state index contributed by atoms with van der Waals surface area (Å²) in [6, 6.07) is 0. The van der Waals surface area contributed by atoms with E-state index < -0.39 is 0 Å². The van der Waals surface area contributed by atoms with Gasteiger partial charge in [-0.2, -0.15) is 0 Å². The highest BCUT2D eigenvalue weighted by Crippen LogP contribution is 2.07. The standard InChI is InChI=1S/C9H8N4/c1-2-3-4-13-7-12-9-8(13)5-10-6-11-9/h1,5-7H,3-4H2. The Bertz CT molecular complexity index is 452. The smallest absolute Gasteiger partial charge is 0.180 e. The molecule has 0 aliphatic rings. The molecule has 13 heavy (non-hydrogen) atoms. The van der Waals surface area contributed by atoms with Crippen molar-refractivity contribution >= 4 is 11.2 Å². The summed E-state index contributed by atoms with van der Waals surface area (Å²) in [5.41, 5.74) is 1.64. The van der Waals surface area contributed by atoms with Crippen molar-refractivity contribution in [1.29, 1.82) is 0 Å². The molecular weight excluding hydrogens is 164 g/mol. The van der Waals surface area contributed by atoms with Gasteiger partial charge in [-0.25, -0.2) is 15.0 Å². The number of aryl methyl sites for hydroxylation is 1. The van der Waals surface area contributed by atoms with Crippen molar-refractivity contribution in [3.63, 3.8) is 0 Å². The van der Waals surface area contributed by atoms with E-state index >= 15 is 0 Å². The molecule has 0 aliphatic carbocycles. The second-order valence-electron chi connectivity index (χ2n) is 2.62. The minimum atomic E-state index is 0.695. The molecule has 4 nitrogen and oxygen atoms in total. The molecule has 2 heterocycles. The van der Waals surface area contributed by atoms with Crippen molar-refractivity contribution in [2.45, 2.75) is 13.0 Å². The summed E-state index contributed by atoms with van der Waals surface area (Å²) in [5, 5.41) is 0. The predicted molar refractivity (Wildman–Crippen MR) is 48.8 cm³/mol. The number of hydrogen-bond acceptors (Lipinski definition) is 3. The van der Waals surface area contributed by atoms with Gasteiger partial charge in [-0.15, -0.1) is 12.3 Å². The highest BCUT2D eigenvalue weighted by Gasteiger charge is 2.00. The van der Waals surface area contributed by atoms with Crippen LogP contribution in [0.4, 0.5) is 0 Å². The van der Waals surface area contributed by atoms with Crippen molar-refractivity contribution in [2.75, 3.05) is 0 Å². The molecule has 0 saturated heterocycles. The largest absolute Gasteiger partial charge is 0.327 e. The molecular formula is C9H8N4. The van der Waals surface area contributed by atoms with E-state index in [4.69, 9.17) is 6.42 Å². The van der Waals surface area contributed by atoms with Gasteiger partial charge in [-0.3, -0.25) is 0 Å². The van der Waals surface area contributed by atoms with Gasteiger partial charge in [0.2, 0.25) is 0 Å². The van der Waals surface area contributed by atoms with Crippen LogP contribution in [0.25, 0.3) is 11.2 Å². The van der Waals surface area contributed by atoms with E-state index in [1.807, 2.05) is 4.57 Å². The molecule has 0 unspecified atom stereocenters. The third kappa shape index (κ3) is 1.36. The Labute approximate surface area is 75.7 Å². The van der Waals surface area contributed by atoms with E-state index in [9.17, 15) is 0 Å². The lowest BCUT2D eigenvalue weighted by Gasteiger charge is -1.98. The number of rotatable bonds is 2. The molecule has 0 aliphatic heterocycles. The maximum atomic E-state index is 5.17. The molecule has 4 heteroatoms. The average molecular weight is 172 g/mol. The van der Waals surface area contributed by atoms with Crippen LogP contribution in [-0.4, -0.2) is 19.5 Å². The van der Waals surface area contributed by atoms with Gasteiger partial charge in [-0.1, -0.05) is 0 Å². The minimum absolute atomic E-state index is 0.695. The quantitative estimate of drug-likeness (QED) is 0.631. The van der Waals surface area contributed by atoms with E-state index in [2.05, 4.69) is 20.9 Å². The summed E-state index contributed by atoms with van der Waals surface area (Å²) >= 11 is 0. The van der Waals surface area contributed by atoms with Crippen molar-refractivity contribution in [1.82, 2.24) is 19.5 Å². The first-order valence-electron chi connectivity index (χ1n) is 3.96. The van der Waals surface area contributed by atoms with Gasteiger partial charge in [0.05, 0.1) is 12.5 Å². The van der Waals surface area contributed by atoms with Gasteiger partial charge in [0, 0.05) is 13.0 Å². The molecule has 0 fully saturated rings. The van der Waals surface area contributed by atoms with Crippen molar-refractivity contribution in [3.05, 3.63) is 18.9 Å². The van der Waals surface area contributed by atoms with Gasteiger partial charge in [0.15, 0.2) is 5.65 Å². The van der Waals surface area contributed by atoms with Crippen molar-refractivity contribution in [3.8, 4) is 12.3 Å². The third-order valence-corrected chi connectivity index (χ3v) is 1.80. The van der Waals surface area contributed by atoms with E-state index in [-0.39, 0.29) is 0 Å². The zero-order valence-electron chi connectivity index (χ0n) is 7.01. The zero-order chi connectivity index (χ0) is 9.10. The first-order valence-corrected chi connectivity index (χ1v) is 3.96. The van der Waals surface area contributed by atoms with Gasteiger partial charge >= 0.3 is 0 Å². The summed E-state index contributed by atoms with van der Waals surface area (Å²) in [6.45, 7) is 0.764. The van der Waals surface area contributed by atoms with E-state index in [0.29, 0.717) is 12.1 Å². The number of hydrogen-bond donors (Lipinski definition) is 0. The van der Waals surface area contributed by atoms with Crippen LogP contribution in [0.3, 0.4) is 0 Å². The third-order valence-electron chi connectivity index (χ3n) is 1.80. The fraction of sp³-hybridized carbons (Fsp3) is 0.222. The fourth-order valence-corrected chi connectivity index (χ4v) is 1.17. The van der Waals surface area contributed by atoms with Crippen LogP contribution in [0.1, 0.15) is 6.42 Å². The minimum Gasteiger partial charge on any atom is -0.327 e. The van der Waals surface area contributed by atoms with Crippen LogP contribution in [0.15, 0.2) is 18.9 Å². The average Bonchev–Trinajstić information content (AvgIpc) is 2.58. The normalized spacial score (nSPS) is 10.1. The Morgan fingerprint density at radius 3 is 3.23 bits per heavy atom. The first kappa shape index (κ1) is 7.74. The molecule has 0 atom stereocenters. The van der Waals surface area contributed by atoms with Gasteiger partial charge in [0.25, 0.3) is 0 Å². The van der Waals surface area contributed by atoms with Crippen LogP contribution in [0.5, 0.6) is 0 Å². The van der Waals surface area contributed by atoms with Crippen LogP contribution >= 0.6 is 0 Å². The lowest BCUT2D eigenvalue weighted by molar-refractivity contribution is 0.740. The van der Waals surface area contributed by atoms with E-state index in [0.717, 1.165) is 12.1 Å². The van der Waals surface area contributed by atoms with Gasteiger partial charge in [-0.05, 0) is 0 Å².